The first-order valence-corrected chi connectivity index (χ1v) is 13.4. The first-order valence-electron chi connectivity index (χ1n) is 12.5. The molecule has 2 heterocycles. The lowest BCUT2D eigenvalue weighted by molar-refractivity contribution is 0.0693. The zero-order chi connectivity index (χ0) is 27.0. The molecule has 0 atom stereocenters. The molecular weight excluding hydrogens is 498 g/mol. The molecule has 38 heavy (non-hydrogen) atoms. The fourth-order valence-corrected chi connectivity index (χ4v) is 6.42. The maximum Gasteiger partial charge on any atom is 0.339 e. The number of aliphatic imine (C=N–C) groups is 1. The molecule has 2 aromatic heterocycles. The molecular formula is C30H29N3O4S. The second kappa shape index (κ2) is 10.3. The number of carbonyl (C=O) groups is 2. The number of anilines is 1. The molecule has 0 fully saturated rings. The van der Waals surface area contributed by atoms with Gasteiger partial charge in [0.15, 0.2) is 0 Å². The number of rotatable bonds is 6. The molecule has 5 rings (SSSR count). The van der Waals surface area contributed by atoms with Crippen LogP contribution in [0, 0.1) is 20.8 Å². The lowest BCUT2D eigenvalue weighted by Crippen LogP contribution is -2.17. The number of nitrogens with zero attached hydrogens (tertiary/aromatic N) is 2. The van der Waals surface area contributed by atoms with Crippen molar-refractivity contribution >= 4 is 40.8 Å². The Morgan fingerprint density at radius 1 is 1.03 bits per heavy atom. The molecule has 0 saturated carbocycles. The molecule has 0 unspecified atom stereocenters. The fraction of sp³-hybridized carbons (Fsp3) is 0.233. The van der Waals surface area contributed by atoms with Gasteiger partial charge in [0.05, 0.1) is 11.3 Å². The van der Waals surface area contributed by atoms with Crippen LogP contribution in [0.1, 0.15) is 66.5 Å². The van der Waals surface area contributed by atoms with Crippen LogP contribution < -0.4 is 5.32 Å². The van der Waals surface area contributed by atoms with Crippen molar-refractivity contribution in [2.45, 2.75) is 46.5 Å². The van der Waals surface area contributed by atoms with Crippen molar-refractivity contribution in [2.24, 2.45) is 4.99 Å². The number of hydrogen-bond donors (Lipinski definition) is 3. The average molecular weight is 528 g/mol. The van der Waals surface area contributed by atoms with Crippen LogP contribution in [0.15, 0.2) is 53.5 Å². The molecule has 1 amide bonds. The Labute approximate surface area is 225 Å². The molecule has 0 radical (unpaired) electrons. The number of benzene rings is 2. The number of aromatic hydroxyl groups is 1. The smallest absolute Gasteiger partial charge is 0.339 e. The number of fused-ring (bicyclic) bond motifs is 1. The van der Waals surface area contributed by atoms with E-state index in [-0.39, 0.29) is 17.2 Å². The van der Waals surface area contributed by atoms with Gasteiger partial charge in [0.25, 0.3) is 5.91 Å². The Balaban J connectivity index is 1.53. The standard InChI is InChI=1S/C30H29N3O4S/c1-17-8-10-21(11-9-17)32-28(35)27-23-6-4-5-7-26(23)38-29(27)33-18(2)14-20(19(33)3)16-31-22-12-13-25(34)24(15-22)30(36)37/h8-16,34H,4-7H2,1-3H3,(H,32,35)(H,36,37). The Morgan fingerprint density at radius 2 is 1.76 bits per heavy atom. The molecule has 194 valence electrons. The summed E-state index contributed by atoms with van der Waals surface area (Å²) >= 11 is 1.68. The monoisotopic (exact) mass is 527 g/mol. The van der Waals surface area contributed by atoms with Gasteiger partial charge >= 0.3 is 5.97 Å². The number of amides is 1. The minimum Gasteiger partial charge on any atom is -0.507 e. The molecule has 3 N–H and O–H groups in total. The van der Waals surface area contributed by atoms with Gasteiger partial charge in [0.1, 0.15) is 16.3 Å². The summed E-state index contributed by atoms with van der Waals surface area (Å²) in [6, 6.07) is 14.1. The predicted octanol–water partition coefficient (Wildman–Crippen LogP) is 6.75. The summed E-state index contributed by atoms with van der Waals surface area (Å²) in [5.41, 5.74) is 6.79. The lowest BCUT2D eigenvalue weighted by Gasteiger charge is -2.14. The number of carbonyl (C=O) groups excluding carboxylic acids is 1. The summed E-state index contributed by atoms with van der Waals surface area (Å²) < 4.78 is 2.12. The van der Waals surface area contributed by atoms with E-state index in [0.717, 1.165) is 70.0 Å². The van der Waals surface area contributed by atoms with Crippen LogP contribution in [0.5, 0.6) is 5.75 Å². The molecule has 1 aliphatic rings. The Morgan fingerprint density at radius 3 is 2.50 bits per heavy atom. The van der Waals surface area contributed by atoms with E-state index in [9.17, 15) is 19.8 Å². The van der Waals surface area contributed by atoms with Gasteiger partial charge in [0.2, 0.25) is 0 Å². The third kappa shape index (κ3) is 4.87. The number of phenols is 1. The van der Waals surface area contributed by atoms with Crippen molar-refractivity contribution in [2.75, 3.05) is 5.32 Å². The molecule has 7 nitrogen and oxygen atoms in total. The molecule has 2 aromatic carbocycles. The van der Waals surface area contributed by atoms with Gasteiger partial charge < -0.3 is 20.1 Å². The predicted molar refractivity (Wildman–Crippen MR) is 151 cm³/mol. The number of hydrogen-bond acceptors (Lipinski definition) is 5. The summed E-state index contributed by atoms with van der Waals surface area (Å²) in [6.07, 6.45) is 5.75. The van der Waals surface area contributed by atoms with Crippen LogP contribution in [0.25, 0.3) is 5.00 Å². The van der Waals surface area contributed by atoms with Crippen LogP contribution in [0.3, 0.4) is 0 Å². The second-order valence-corrected chi connectivity index (χ2v) is 10.7. The topological polar surface area (TPSA) is 104 Å². The normalized spacial score (nSPS) is 13.0. The van der Waals surface area contributed by atoms with Gasteiger partial charge in [-0.15, -0.1) is 11.3 Å². The van der Waals surface area contributed by atoms with Gasteiger partial charge in [-0.1, -0.05) is 17.7 Å². The summed E-state index contributed by atoms with van der Waals surface area (Å²) in [7, 11) is 0. The number of aryl methyl sites for hydroxylation is 3. The Kier molecular flexibility index (Phi) is 6.91. The van der Waals surface area contributed by atoms with E-state index in [0.29, 0.717) is 5.69 Å². The fourth-order valence-electron chi connectivity index (χ4n) is 4.92. The number of nitrogens with one attached hydrogen (secondary N) is 1. The van der Waals surface area contributed by atoms with Gasteiger partial charge in [-0.05, 0) is 88.4 Å². The maximum absolute atomic E-state index is 13.7. The average Bonchev–Trinajstić information content (AvgIpc) is 3.40. The van der Waals surface area contributed by atoms with Crippen molar-refractivity contribution in [1.29, 1.82) is 0 Å². The number of carboxylic acids is 1. The largest absolute Gasteiger partial charge is 0.507 e. The molecule has 1 aliphatic carbocycles. The highest BCUT2D eigenvalue weighted by molar-refractivity contribution is 7.15. The van der Waals surface area contributed by atoms with E-state index in [1.54, 1.807) is 23.6 Å². The van der Waals surface area contributed by atoms with Gasteiger partial charge in [-0.25, -0.2) is 4.79 Å². The van der Waals surface area contributed by atoms with Gasteiger partial charge in [0, 0.05) is 33.7 Å². The minimum atomic E-state index is -1.21. The van der Waals surface area contributed by atoms with Gasteiger partial charge in [-0.2, -0.15) is 0 Å². The molecule has 8 heteroatoms. The van der Waals surface area contributed by atoms with E-state index in [1.807, 2.05) is 51.1 Å². The third-order valence-electron chi connectivity index (χ3n) is 6.93. The summed E-state index contributed by atoms with van der Waals surface area (Å²) in [4.78, 5) is 30.8. The Bertz CT molecular complexity index is 1580. The number of carboxylic acid groups (broad SMARTS) is 1. The van der Waals surface area contributed by atoms with Crippen molar-refractivity contribution in [3.8, 4) is 10.8 Å². The van der Waals surface area contributed by atoms with Crippen molar-refractivity contribution in [3.05, 3.63) is 92.6 Å². The number of aromatic carboxylic acids is 1. The SMILES string of the molecule is Cc1ccc(NC(=O)c2c(-n3c(C)cc(C=Nc4ccc(O)c(C(=O)O)c4)c3C)sc3c2CCCC3)cc1. The zero-order valence-corrected chi connectivity index (χ0v) is 22.4. The highest BCUT2D eigenvalue weighted by Gasteiger charge is 2.28. The van der Waals surface area contributed by atoms with Crippen LogP contribution in [-0.2, 0) is 12.8 Å². The van der Waals surface area contributed by atoms with E-state index in [1.165, 1.54) is 17.0 Å². The van der Waals surface area contributed by atoms with Crippen molar-refractivity contribution in [1.82, 2.24) is 4.57 Å². The third-order valence-corrected chi connectivity index (χ3v) is 8.20. The van der Waals surface area contributed by atoms with E-state index in [2.05, 4.69) is 14.9 Å². The van der Waals surface area contributed by atoms with Crippen LogP contribution in [0.2, 0.25) is 0 Å². The number of aromatic nitrogens is 1. The van der Waals surface area contributed by atoms with Crippen molar-refractivity contribution in [3.63, 3.8) is 0 Å². The summed E-state index contributed by atoms with van der Waals surface area (Å²) in [5, 5.41) is 23.1. The van der Waals surface area contributed by atoms with E-state index < -0.39 is 5.97 Å². The minimum absolute atomic E-state index is 0.101. The molecule has 0 saturated heterocycles. The van der Waals surface area contributed by atoms with Crippen LogP contribution >= 0.6 is 11.3 Å². The van der Waals surface area contributed by atoms with E-state index in [4.69, 9.17) is 0 Å². The summed E-state index contributed by atoms with van der Waals surface area (Å²) in [6.45, 7) is 6.02. The van der Waals surface area contributed by atoms with Gasteiger partial charge in [-0.3, -0.25) is 9.79 Å². The second-order valence-electron chi connectivity index (χ2n) is 9.64. The Hall–Kier alpha value is -4.17. The number of thiophene rings is 1. The van der Waals surface area contributed by atoms with Crippen LogP contribution in [0.4, 0.5) is 11.4 Å². The highest BCUT2D eigenvalue weighted by Crippen LogP contribution is 2.39. The summed E-state index contributed by atoms with van der Waals surface area (Å²) in [5.74, 6) is -1.61. The highest BCUT2D eigenvalue weighted by atomic mass is 32.1. The zero-order valence-electron chi connectivity index (χ0n) is 21.5. The molecule has 0 spiro atoms. The molecule has 0 bridgehead atoms. The maximum atomic E-state index is 13.7. The molecule has 0 aliphatic heterocycles. The quantitative estimate of drug-likeness (QED) is 0.241. The van der Waals surface area contributed by atoms with Crippen LogP contribution in [-0.4, -0.2) is 32.9 Å². The first-order chi connectivity index (χ1) is 18.2. The first kappa shape index (κ1) is 25.5. The molecule has 4 aromatic rings. The van der Waals surface area contributed by atoms with E-state index >= 15 is 0 Å². The lowest BCUT2D eigenvalue weighted by atomic mass is 9.95. The van der Waals surface area contributed by atoms with Crippen molar-refractivity contribution < 1.29 is 19.8 Å².